The molecule has 0 aliphatic heterocycles. The van der Waals surface area contributed by atoms with E-state index in [-0.39, 0.29) is 12.0 Å². The van der Waals surface area contributed by atoms with E-state index in [0.717, 1.165) is 11.3 Å². The summed E-state index contributed by atoms with van der Waals surface area (Å²) < 4.78 is 5.35. The maximum absolute atomic E-state index is 11.2. The van der Waals surface area contributed by atoms with Gasteiger partial charge in [0.05, 0.1) is 6.04 Å². The van der Waals surface area contributed by atoms with Crippen LogP contribution in [0.1, 0.15) is 39.4 Å². The van der Waals surface area contributed by atoms with Gasteiger partial charge in [0.1, 0.15) is 6.10 Å². The van der Waals surface area contributed by atoms with Crippen molar-refractivity contribution < 1.29 is 9.53 Å². The fraction of sp³-hybridized carbons (Fsp3) is 0.429. The lowest BCUT2D eigenvalue weighted by Crippen LogP contribution is -2.20. The van der Waals surface area contributed by atoms with E-state index in [2.05, 4.69) is 4.99 Å². The van der Waals surface area contributed by atoms with Crippen LogP contribution in [-0.4, -0.2) is 17.7 Å². The fourth-order valence-electron chi connectivity index (χ4n) is 1.78. The smallest absolute Gasteiger partial charge is 0.303 e. The summed E-state index contributed by atoms with van der Waals surface area (Å²) in [5, 5.41) is 0.619. The standard InChI is InChI=1S/C14H18ClNO2/c1-9(2)16-10(3)14(18-11(4)17)12-6-5-7-13(15)8-12/h5-8,10,14H,1-4H3/t10-,14+/m0/s1. The number of hydrogen-bond donors (Lipinski definition) is 0. The first-order chi connectivity index (χ1) is 8.40. The minimum atomic E-state index is -0.406. The van der Waals surface area contributed by atoms with E-state index in [4.69, 9.17) is 16.3 Å². The second kappa shape index (κ2) is 6.55. The molecule has 0 N–H and O–H groups in total. The van der Waals surface area contributed by atoms with Crippen LogP contribution in [0.25, 0.3) is 0 Å². The van der Waals surface area contributed by atoms with E-state index in [1.165, 1.54) is 6.92 Å². The minimum Gasteiger partial charge on any atom is -0.455 e. The Morgan fingerprint density at radius 2 is 2.00 bits per heavy atom. The first kappa shape index (κ1) is 14.7. The number of hydrogen-bond acceptors (Lipinski definition) is 3. The van der Waals surface area contributed by atoms with Gasteiger partial charge in [-0.2, -0.15) is 0 Å². The van der Waals surface area contributed by atoms with Gasteiger partial charge in [-0.3, -0.25) is 9.79 Å². The molecule has 0 saturated heterocycles. The summed E-state index contributed by atoms with van der Waals surface area (Å²) in [5.41, 5.74) is 1.80. The largest absolute Gasteiger partial charge is 0.455 e. The molecule has 1 rings (SSSR count). The molecule has 0 amide bonds. The molecule has 0 heterocycles. The number of rotatable bonds is 4. The van der Waals surface area contributed by atoms with Crippen molar-refractivity contribution >= 4 is 23.3 Å². The molecule has 0 aromatic heterocycles. The van der Waals surface area contributed by atoms with Crippen LogP contribution < -0.4 is 0 Å². The maximum atomic E-state index is 11.2. The molecule has 0 unspecified atom stereocenters. The zero-order chi connectivity index (χ0) is 13.7. The quantitative estimate of drug-likeness (QED) is 0.615. The second-order valence-corrected chi connectivity index (χ2v) is 4.84. The summed E-state index contributed by atoms with van der Waals surface area (Å²) in [6.07, 6.45) is -0.406. The molecule has 0 saturated carbocycles. The Bertz CT molecular complexity index is 453. The maximum Gasteiger partial charge on any atom is 0.303 e. The molecule has 0 bridgehead atoms. The molecule has 0 aliphatic carbocycles. The molecule has 98 valence electrons. The molecule has 0 radical (unpaired) electrons. The van der Waals surface area contributed by atoms with Gasteiger partial charge in [0.25, 0.3) is 0 Å². The Morgan fingerprint density at radius 1 is 1.33 bits per heavy atom. The van der Waals surface area contributed by atoms with Gasteiger partial charge in [-0.15, -0.1) is 0 Å². The number of ether oxygens (including phenoxy) is 1. The molecule has 4 heteroatoms. The summed E-state index contributed by atoms with van der Waals surface area (Å²) in [5.74, 6) is -0.323. The first-order valence-electron chi connectivity index (χ1n) is 5.84. The Hall–Kier alpha value is -1.35. The van der Waals surface area contributed by atoms with Crippen LogP contribution in [0.2, 0.25) is 5.02 Å². The van der Waals surface area contributed by atoms with Gasteiger partial charge in [-0.05, 0) is 38.5 Å². The number of halogens is 1. The third-order valence-corrected chi connectivity index (χ3v) is 2.61. The van der Waals surface area contributed by atoms with E-state index in [1.54, 1.807) is 12.1 Å². The van der Waals surface area contributed by atoms with Crippen molar-refractivity contribution in [3.63, 3.8) is 0 Å². The summed E-state index contributed by atoms with van der Waals surface area (Å²) >= 11 is 5.96. The summed E-state index contributed by atoms with van der Waals surface area (Å²) in [6.45, 7) is 7.15. The van der Waals surface area contributed by atoms with Crippen molar-refractivity contribution in [2.75, 3.05) is 0 Å². The third-order valence-electron chi connectivity index (χ3n) is 2.37. The molecule has 0 spiro atoms. The average molecular weight is 268 g/mol. The zero-order valence-electron chi connectivity index (χ0n) is 11.1. The van der Waals surface area contributed by atoms with Crippen molar-refractivity contribution in [1.82, 2.24) is 0 Å². The van der Waals surface area contributed by atoms with Crippen molar-refractivity contribution in [3.8, 4) is 0 Å². The van der Waals surface area contributed by atoms with Crippen LogP contribution in [0.15, 0.2) is 29.3 Å². The minimum absolute atomic E-state index is 0.141. The van der Waals surface area contributed by atoms with E-state index in [1.807, 2.05) is 32.9 Å². The predicted molar refractivity (Wildman–Crippen MR) is 74.2 cm³/mol. The number of benzene rings is 1. The molecular weight excluding hydrogens is 250 g/mol. The molecule has 18 heavy (non-hydrogen) atoms. The first-order valence-corrected chi connectivity index (χ1v) is 6.21. The van der Waals surface area contributed by atoms with Gasteiger partial charge < -0.3 is 4.74 Å². The molecule has 1 aromatic carbocycles. The van der Waals surface area contributed by atoms with Gasteiger partial charge in [-0.25, -0.2) is 0 Å². The number of aliphatic imine (C=N–C) groups is 1. The van der Waals surface area contributed by atoms with E-state index >= 15 is 0 Å². The Kier molecular flexibility index (Phi) is 5.35. The van der Waals surface area contributed by atoms with Gasteiger partial charge in [0, 0.05) is 17.7 Å². The van der Waals surface area contributed by atoms with E-state index in [9.17, 15) is 4.79 Å². The van der Waals surface area contributed by atoms with Gasteiger partial charge in [-0.1, -0.05) is 23.7 Å². The van der Waals surface area contributed by atoms with Crippen LogP contribution in [0.4, 0.5) is 0 Å². The van der Waals surface area contributed by atoms with Crippen molar-refractivity contribution in [3.05, 3.63) is 34.9 Å². The lowest BCUT2D eigenvalue weighted by atomic mass is 10.0. The molecule has 0 aliphatic rings. The number of carbonyl (C=O) groups excluding carboxylic acids is 1. The number of carbonyl (C=O) groups is 1. The number of nitrogens with zero attached hydrogens (tertiary/aromatic N) is 1. The van der Waals surface area contributed by atoms with Crippen molar-refractivity contribution in [1.29, 1.82) is 0 Å². The molecule has 2 atom stereocenters. The monoisotopic (exact) mass is 267 g/mol. The Labute approximate surface area is 113 Å². The molecule has 1 aromatic rings. The van der Waals surface area contributed by atoms with Gasteiger partial charge in [0.2, 0.25) is 0 Å². The van der Waals surface area contributed by atoms with E-state index < -0.39 is 6.10 Å². The normalized spacial score (nSPS) is 13.6. The summed E-state index contributed by atoms with van der Waals surface area (Å²) in [6, 6.07) is 7.17. The highest BCUT2D eigenvalue weighted by Crippen LogP contribution is 2.26. The van der Waals surface area contributed by atoms with Gasteiger partial charge in [0.15, 0.2) is 0 Å². The topological polar surface area (TPSA) is 38.7 Å². The Morgan fingerprint density at radius 3 is 2.50 bits per heavy atom. The summed E-state index contributed by atoms with van der Waals surface area (Å²) in [7, 11) is 0. The Balaban J connectivity index is 3.05. The highest BCUT2D eigenvalue weighted by atomic mass is 35.5. The van der Waals surface area contributed by atoms with E-state index in [0.29, 0.717) is 5.02 Å². The van der Waals surface area contributed by atoms with Crippen molar-refractivity contribution in [2.24, 2.45) is 4.99 Å². The van der Waals surface area contributed by atoms with Crippen LogP contribution in [0.5, 0.6) is 0 Å². The van der Waals surface area contributed by atoms with Gasteiger partial charge >= 0.3 is 5.97 Å². The molecular formula is C14H18ClNO2. The highest BCUT2D eigenvalue weighted by Gasteiger charge is 2.22. The fourth-order valence-corrected chi connectivity index (χ4v) is 1.98. The van der Waals surface area contributed by atoms with Crippen LogP contribution >= 0.6 is 11.6 Å². The second-order valence-electron chi connectivity index (χ2n) is 4.40. The summed E-state index contributed by atoms with van der Waals surface area (Å²) in [4.78, 5) is 15.6. The predicted octanol–water partition coefficient (Wildman–Crippen LogP) is 3.81. The lowest BCUT2D eigenvalue weighted by molar-refractivity contribution is -0.147. The average Bonchev–Trinajstić information content (AvgIpc) is 2.24. The lowest BCUT2D eigenvalue weighted by Gasteiger charge is -2.22. The molecule has 0 fully saturated rings. The van der Waals surface area contributed by atoms with Crippen LogP contribution in [-0.2, 0) is 9.53 Å². The molecule has 3 nitrogen and oxygen atoms in total. The highest BCUT2D eigenvalue weighted by molar-refractivity contribution is 6.30. The van der Waals surface area contributed by atoms with Crippen molar-refractivity contribution in [2.45, 2.75) is 39.8 Å². The van der Waals surface area contributed by atoms with Crippen LogP contribution in [0.3, 0.4) is 0 Å². The zero-order valence-corrected chi connectivity index (χ0v) is 11.9. The third kappa shape index (κ3) is 4.49. The SMILES string of the molecule is CC(=O)O[C@@H](c1cccc(Cl)c1)[C@H](C)N=C(C)C. The number of esters is 1. The van der Waals surface area contributed by atoms with Crippen LogP contribution in [0, 0.1) is 0 Å².